The minimum Gasteiger partial charge on any atom is -0.480 e. The first-order valence-corrected chi connectivity index (χ1v) is 6.67. The van der Waals surface area contributed by atoms with Crippen molar-refractivity contribution in [3.8, 4) is 0 Å². The van der Waals surface area contributed by atoms with Crippen LogP contribution in [0, 0.1) is 0 Å². The second kappa shape index (κ2) is 5.90. The molecule has 1 aliphatic rings. The van der Waals surface area contributed by atoms with E-state index in [4.69, 9.17) is 5.11 Å². The molecule has 0 radical (unpaired) electrons. The molecule has 6 nitrogen and oxygen atoms in total. The summed E-state index contributed by atoms with van der Waals surface area (Å²) in [5.74, 6) is -1.32. The molecule has 0 spiro atoms. The average Bonchev–Trinajstić information content (AvgIpc) is 3.03. The number of Topliss-reactive ketones (excluding diaryl/α,β-unsaturated/α-hetero) is 1. The number of aromatic nitrogens is 1. The van der Waals surface area contributed by atoms with Crippen molar-refractivity contribution < 1.29 is 19.5 Å². The molecule has 2 rings (SSSR count). The van der Waals surface area contributed by atoms with Crippen molar-refractivity contribution >= 4 is 17.7 Å². The molecule has 0 aromatic carbocycles. The highest BCUT2D eigenvalue weighted by molar-refractivity contribution is 5.97. The van der Waals surface area contributed by atoms with E-state index in [0.717, 1.165) is 0 Å². The Morgan fingerprint density at radius 3 is 2.70 bits per heavy atom. The molecule has 1 N–H and O–H groups in total. The number of ketones is 1. The molecule has 0 saturated carbocycles. The molecule has 20 heavy (non-hydrogen) atoms. The molecule has 1 aromatic heterocycles. The second-order valence-corrected chi connectivity index (χ2v) is 5.01. The summed E-state index contributed by atoms with van der Waals surface area (Å²) in [4.78, 5) is 36.4. The highest BCUT2D eigenvalue weighted by atomic mass is 16.4. The predicted molar refractivity (Wildman–Crippen MR) is 71.3 cm³/mol. The molecule has 1 atom stereocenters. The minimum atomic E-state index is -0.968. The summed E-state index contributed by atoms with van der Waals surface area (Å²) < 4.78 is 1.71. The first-order chi connectivity index (χ1) is 9.50. The van der Waals surface area contributed by atoms with Crippen LogP contribution >= 0.6 is 0 Å². The highest BCUT2D eigenvalue weighted by Gasteiger charge is 2.33. The summed E-state index contributed by atoms with van der Waals surface area (Å²) in [6, 6.07) is 2.76. The van der Waals surface area contributed by atoms with Gasteiger partial charge in [0.2, 0.25) is 5.91 Å². The third kappa shape index (κ3) is 2.89. The van der Waals surface area contributed by atoms with Crippen LogP contribution in [0.5, 0.6) is 0 Å². The first-order valence-electron chi connectivity index (χ1n) is 6.67. The number of likely N-dealkylation sites (tertiary alicyclic amines) is 1. The van der Waals surface area contributed by atoms with Crippen LogP contribution in [-0.4, -0.2) is 44.8 Å². The van der Waals surface area contributed by atoms with E-state index in [-0.39, 0.29) is 24.5 Å². The van der Waals surface area contributed by atoms with E-state index >= 15 is 0 Å². The van der Waals surface area contributed by atoms with Gasteiger partial charge in [-0.2, -0.15) is 0 Å². The Hall–Kier alpha value is -2.11. The lowest BCUT2D eigenvalue weighted by atomic mass is 10.1. The topological polar surface area (TPSA) is 79.6 Å². The molecule has 1 fully saturated rings. The number of aliphatic carboxylic acids is 1. The lowest BCUT2D eigenvalue weighted by Gasteiger charge is -2.21. The second-order valence-electron chi connectivity index (χ2n) is 5.01. The van der Waals surface area contributed by atoms with Gasteiger partial charge in [-0.05, 0) is 25.0 Å². The van der Waals surface area contributed by atoms with Gasteiger partial charge >= 0.3 is 5.97 Å². The predicted octanol–water partition coefficient (Wildman–Crippen LogP) is 1.06. The standard InChI is InChI=1S/C14H18N2O4/c1-15-8-2-4-10(15)12(17)6-7-13(18)16-9-3-5-11(16)14(19)20/h2,4,8,11H,3,5-7,9H2,1H3,(H,19,20)/t11-/m0/s1. The van der Waals surface area contributed by atoms with Gasteiger partial charge in [0.15, 0.2) is 5.78 Å². The van der Waals surface area contributed by atoms with E-state index in [0.29, 0.717) is 25.1 Å². The van der Waals surface area contributed by atoms with Crippen molar-refractivity contribution in [2.45, 2.75) is 31.7 Å². The summed E-state index contributed by atoms with van der Waals surface area (Å²) in [5.41, 5.74) is 0.564. The fourth-order valence-electron chi connectivity index (χ4n) is 2.56. The maximum atomic E-state index is 12.0. The van der Waals surface area contributed by atoms with Crippen LogP contribution in [0.2, 0.25) is 0 Å². The van der Waals surface area contributed by atoms with Crippen molar-refractivity contribution in [1.82, 2.24) is 9.47 Å². The highest BCUT2D eigenvalue weighted by Crippen LogP contribution is 2.19. The number of hydrogen-bond donors (Lipinski definition) is 1. The van der Waals surface area contributed by atoms with Crippen LogP contribution in [0.1, 0.15) is 36.2 Å². The van der Waals surface area contributed by atoms with Gasteiger partial charge in [-0.3, -0.25) is 9.59 Å². The lowest BCUT2D eigenvalue weighted by molar-refractivity contribution is -0.148. The van der Waals surface area contributed by atoms with Gasteiger partial charge in [0.1, 0.15) is 6.04 Å². The van der Waals surface area contributed by atoms with Crippen molar-refractivity contribution in [2.24, 2.45) is 7.05 Å². The van der Waals surface area contributed by atoms with E-state index in [2.05, 4.69) is 0 Å². The van der Waals surface area contributed by atoms with Gasteiger partial charge in [-0.15, -0.1) is 0 Å². The van der Waals surface area contributed by atoms with Crippen molar-refractivity contribution in [2.75, 3.05) is 6.54 Å². The Labute approximate surface area is 117 Å². The summed E-state index contributed by atoms with van der Waals surface area (Å²) in [6.45, 7) is 0.466. The van der Waals surface area contributed by atoms with Crippen molar-refractivity contribution in [3.63, 3.8) is 0 Å². The number of carbonyl (C=O) groups is 3. The van der Waals surface area contributed by atoms with E-state index in [1.807, 2.05) is 0 Å². The third-order valence-corrected chi connectivity index (χ3v) is 3.65. The van der Waals surface area contributed by atoms with Gasteiger partial charge in [-0.25, -0.2) is 4.79 Å². The molecule has 1 saturated heterocycles. The SMILES string of the molecule is Cn1cccc1C(=O)CCC(=O)N1CCC[C@H]1C(=O)O. The Morgan fingerprint density at radius 2 is 2.10 bits per heavy atom. The maximum absolute atomic E-state index is 12.0. The Morgan fingerprint density at radius 1 is 1.35 bits per heavy atom. The maximum Gasteiger partial charge on any atom is 0.326 e. The molecule has 108 valence electrons. The largest absolute Gasteiger partial charge is 0.480 e. The van der Waals surface area contributed by atoms with Crippen LogP contribution in [-0.2, 0) is 16.6 Å². The van der Waals surface area contributed by atoms with Gasteiger partial charge in [0.05, 0.1) is 5.69 Å². The van der Waals surface area contributed by atoms with E-state index in [9.17, 15) is 14.4 Å². The summed E-state index contributed by atoms with van der Waals surface area (Å²) in [5, 5.41) is 9.03. The zero-order valence-corrected chi connectivity index (χ0v) is 11.4. The average molecular weight is 278 g/mol. The van der Waals surface area contributed by atoms with Crippen molar-refractivity contribution in [1.29, 1.82) is 0 Å². The molecule has 2 heterocycles. The smallest absolute Gasteiger partial charge is 0.326 e. The van der Waals surface area contributed by atoms with Crippen LogP contribution in [0.15, 0.2) is 18.3 Å². The zero-order chi connectivity index (χ0) is 14.7. The quantitative estimate of drug-likeness (QED) is 0.817. The Kier molecular flexibility index (Phi) is 4.22. The van der Waals surface area contributed by atoms with E-state index in [1.54, 1.807) is 29.9 Å². The molecule has 1 aliphatic heterocycles. The van der Waals surface area contributed by atoms with E-state index < -0.39 is 12.0 Å². The first kappa shape index (κ1) is 14.3. The van der Waals surface area contributed by atoms with Gasteiger partial charge < -0.3 is 14.6 Å². The number of nitrogens with zero attached hydrogens (tertiary/aromatic N) is 2. The number of carbonyl (C=O) groups excluding carboxylic acids is 2. The molecular weight excluding hydrogens is 260 g/mol. The summed E-state index contributed by atoms with van der Waals surface area (Å²) >= 11 is 0. The molecule has 0 unspecified atom stereocenters. The number of carboxylic acid groups (broad SMARTS) is 1. The van der Waals surface area contributed by atoms with Crippen LogP contribution in [0.25, 0.3) is 0 Å². The molecule has 1 aromatic rings. The third-order valence-electron chi connectivity index (χ3n) is 3.65. The fourth-order valence-corrected chi connectivity index (χ4v) is 2.56. The van der Waals surface area contributed by atoms with Crippen LogP contribution in [0.4, 0.5) is 0 Å². The van der Waals surface area contributed by atoms with Crippen LogP contribution in [0.3, 0.4) is 0 Å². The summed E-state index contributed by atoms with van der Waals surface area (Å²) in [7, 11) is 1.77. The number of rotatable bonds is 5. The molecule has 0 bridgehead atoms. The molecular formula is C14H18N2O4. The number of aryl methyl sites for hydroxylation is 1. The number of carboxylic acids is 1. The minimum absolute atomic E-state index is 0.0633. The van der Waals surface area contributed by atoms with Gasteiger partial charge in [0.25, 0.3) is 0 Å². The summed E-state index contributed by atoms with van der Waals surface area (Å²) in [6.07, 6.45) is 3.14. The van der Waals surface area contributed by atoms with Crippen molar-refractivity contribution in [3.05, 3.63) is 24.0 Å². The lowest BCUT2D eigenvalue weighted by Crippen LogP contribution is -2.40. The van der Waals surface area contributed by atoms with E-state index in [1.165, 1.54) is 4.90 Å². The Bertz CT molecular complexity index is 535. The van der Waals surface area contributed by atoms with Gasteiger partial charge in [0, 0.05) is 32.6 Å². The Balaban J connectivity index is 1.91. The molecule has 0 aliphatic carbocycles. The zero-order valence-electron chi connectivity index (χ0n) is 11.4. The van der Waals surface area contributed by atoms with Gasteiger partial charge in [-0.1, -0.05) is 0 Å². The molecule has 6 heteroatoms. The normalized spacial score (nSPS) is 18.2. The fraction of sp³-hybridized carbons (Fsp3) is 0.500. The van der Waals surface area contributed by atoms with Crippen LogP contribution < -0.4 is 0 Å². The molecule has 1 amide bonds. The number of amides is 1. The monoisotopic (exact) mass is 278 g/mol. The number of hydrogen-bond acceptors (Lipinski definition) is 3.